The lowest BCUT2D eigenvalue weighted by atomic mass is 10.1. The van der Waals surface area contributed by atoms with E-state index in [9.17, 15) is 13.6 Å². The molecule has 6 nitrogen and oxygen atoms in total. The number of para-hydroxylation sites is 1. The van der Waals surface area contributed by atoms with Gasteiger partial charge in [-0.1, -0.05) is 17.3 Å². The van der Waals surface area contributed by atoms with Crippen LogP contribution in [0, 0.1) is 11.6 Å². The van der Waals surface area contributed by atoms with Gasteiger partial charge in [-0.3, -0.25) is 4.79 Å². The van der Waals surface area contributed by atoms with Crippen LogP contribution in [0.2, 0.25) is 0 Å². The Morgan fingerprint density at radius 1 is 1.22 bits per heavy atom. The Labute approximate surface area is 153 Å². The number of benzene rings is 2. The zero-order valence-corrected chi connectivity index (χ0v) is 14.4. The minimum absolute atomic E-state index is 0.0729. The zero-order valence-electron chi connectivity index (χ0n) is 14.4. The lowest BCUT2D eigenvalue weighted by Gasteiger charge is -2.16. The van der Waals surface area contributed by atoms with E-state index in [1.165, 1.54) is 4.90 Å². The first-order valence-corrected chi connectivity index (χ1v) is 8.29. The summed E-state index contributed by atoms with van der Waals surface area (Å²) in [4.78, 5) is 17.9. The van der Waals surface area contributed by atoms with E-state index in [4.69, 9.17) is 9.26 Å². The summed E-state index contributed by atoms with van der Waals surface area (Å²) >= 11 is 0. The van der Waals surface area contributed by atoms with Crippen LogP contribution in [0.25, 0.3) is 11.4 Å². The molecule has 27 heavy (non-hydrogen) atoms. The summed E-state index contributed by atoms with van der Waals surface area (Å²) in [5.41, 5.74) is 0.569. The SMILES string of the molecule is COc1ccccc1-c1noc(C2CC(=O)N(c3cc(F)ccc3F)C2)n1. The summed E-state index contributed by atoms with van der Waals surface area (Å²) in [7, 11) is 1.54. The van der Waals surface area contributed by atoms with Crippen LogP contribution in [0.5, 0.6) is 5.75 Å². The number of hydrogen-bond acceptors (Lipinski definition) is 5. The molecule has 1 unspecified atom stereocenters. The average molecular weight is 371 g/mol. The molecule has 2 heterocycles. The largest absolute Gasteiger partial charge is 0.496 e. The van der Waals surface area contributed by atoms with Crippen molar-refractivity contribution >= 4 is 11.6 Å². The van der Waals surface area contributed by atoms with Gasteiger partial charge < -0.3 is 14.2 Å². The summed E-state index contributed by atoms with van der Waals surface area (Å²) in [6.45, 7) is 0.132. The number of halogens is 2. The number of hydrogen-bond donors (Lipinski definition) is 0. The van der Waals surface area contributed by atoms with E-state index in [1.807, 2.05) is 12.1 Å². The maximum absolute atomic E-state index is 14.0. The van der Waals surface area contributed by atoms with Crippen LogP contribution in [0.15, 0.2) is 47.0 Å². The van der Waals surface area contributed by atoms with Crippen molar-refractivity contribution in [1.82, 2.24) is 10.1 Å². The Morgan fingerprint density at radius 2 is 2.04 bits per heavy atom. The van der Waals surface area contributed by atoms with Gasteiger partial charge in [-0.2, -0.15) is 4.98 Å². The number of anilines is 1. The molecule has 0 spiro atoms. The Kier molecular flexibility index (Phi) is 4.31. The number of nitrogens with zero attached hydrogens (tertiary/aromatic N) is 3. The molecule has 1 aliphatic heterocycles. The van der Waals surface area contributed by atoms with Crippen molar-refractivity contribution in [3.63, 3.8) is 0 Å². The predicted molar refractivity (Wildman–Crippen MR) is 92.4 cm³/mol. The number of methoxy groups -OCH3 is 1. The second-order valence-corrected chi connectivity index (χ2v) is 6.16. The van der Waals surface area contributed by atoms with Crippen LogP contribution < -0.4 is 9.64 Å². The third-order valence-electron chi connectivity index (χ3n) is 4.46. The fourth-order valence-corrected chi connectivity index (χ4v) is 3.14. The standard InChI is InChI=1S/C19H15F2N3O3/c1-26-16-5-3-2-4-13(16)18-22-19(27-23-18)11-8-17(25)24(10-11)15-9-12(20)6-7-14(15)21/h2-7,9,11H,8,10H2,1H3. The van der Waals surface area contributed by atoms with Gasteiger partial charge in [-0.05, 0) is 24.3 Å². The molecule has 0 radical (unpaired) electrons. The predicted octanol–water partition coefficient (Wildman–Crippen LogP) is 3.54. The van der Waals surface area contributed by atoms with E-state index < -0.39 is 17.6 Å². The topological polar surface area (TPSA) is 68.5 Å². The van der Waals surface area contributed by atoms with Crippen LogP contribution >= 0.6 is 0 Å². The fraction of sp³-hybridized carbons (Fsp3) is 0.211. The number of amides is 1. The van der Waals surface area contributed by atoms with Crippen LogP contribution in [-0.2, 0) is 4.79 Å². The number of carbonyl (C=O) groups is 1. The molecule has 2 aromatic carbocycles. The molecule has 0 N–H and O–H groups in total. The summed E-state index contributed by atoms with van der Waals surface area (Å²) in [5.74, 6) is -0.813. The second-order valence-electron chi connectivity index (χ2n) is 6.16. The highest BCUT2D eigenvalue weighted by Crippen LogP contribution is 2.34. The van der Waals surface area contributed by atoms with E-state index in [0.717, 1.165) is 18.2 Å². The molecule has 0 aliphatic carbocycles. The van der Waals surface area contributed by atoms with Crippen LogP contribution in [0.1, 0.15) is 18.2 Å². The maximum atomic E-state index is 14.0. The lowest BCUT2D eigenvalue weighted by Crippen LogP contribution is -2.25. The van der Waals surface area contributed by atoms with Gasteiger partial charge in [0.15, 0.2) is 0 Å². The number of aromatic nitrogens is 2. The van der Waals surface area contributed by atoms with E-state index in [1.54, 1.807) is 19.2 Å². The normalized spacial score (nSPS) is 16.8. The Bertz CT molecular complexity index is 1010. The number of carbonyl (C=O) groups excluding carboxylic acids is 1. The van der Waals surface area contributed by atoms with Crippen molar-refractivity contribution in [3.05, 3.63) is 60.0 Å². The third kappa shape index (κ3) is 3.14. The quantitative estimate of drug-likeness (QED) is 0.702. The minimum Gasteiger partial charge on any atom is -0.496 e. The molecule has 1 fully saturated rings. The van der Waals surface area contributed by atoms with Crippen molar-refractivity contribution in [2.75, 3.05) is 18.6 Å². The van der Waals surface area contributed by atoms with Gasteiger partial charge in [0.2, 0.25) is 17.6 Å². The van der Waals surface area contributed by atoms with Gasteiger partial charge in [0.25, 0.3) is 0 Å². The third-order valence-corrected chi connectivity index (χ3v) is 4.46. The average Bonchev–Trinajstić information content (AvgIpc) is 3.30. The summed E-state index contributed by atoms with van der Waals surface area (Å²) in [6, 6.07) is 10.2. The first kappa shape index (κ1) is 17.1. The molecule has 0 bridgehead atoms. The monoisotopic (exact) mass is 371 g/mol. The zero-order chi connectivity index (χ0) is 19.0. The highest BCUT2D eigenvalue weighted by Gasteiger charge is 2.36. The van der Waals surface area contributed by atoms with E-state index in [-0.39, 0.29) is 30.5 Å². The van der Waals surface area contributed by atoms with E-state index in [2.05, 4.69) is 10.1 Å². The highest BCUT2D eigenvalue weighted by atomic mass is 19.1. The van der Waals surface area contributed by atoms with Gasteiger partial charge in [0.05, 0.1) is 24.3 Å². The van der Waals surface area contributed by atoms with Gasteiger partial charge in [-0.25, -0.2) is 8.78 Å². The van der Waals surface area contributed by atoms with E-state index >= 15 is 0 Å². The smallest absolute Gasteiger partial charge is 0.232 e. The minimum atomic E-state index is -0.661. The Hall–Kier alpha value is -3.29. The van der Waals surface area contributed by atoms with Crippen molar-refractivity contribution in [2.24, 2.45) is 0 Å². The molecule has 1 aromatic heterocycles. The van der Waals surface area contributed by atoms with Crippen molar-refractivity contribution in [1.29, 1.82) is 0 Å². The fourth-order valence-electron chi connectivity index (χ4n) is 3.14. The van der Waals surface area contributed by atoms with Crippen LogP contribution in [0.3, 0.4) is 0 Å². The van der Waals surface area contributed by atoms with Crippen LogP contribution in [0.4, 0.5) is 14.5 Å². The number of ether oxygens (including phenoxy) is 1. The molecule has 8 heteroatoms. The summed E-state index contributed by atoms with van der Waals surface area (Å²) < 4.78 is 38.1. The molecule has 1 atom stereocenters. The van der Waals surface area contributed by atoms with Crippen molar-refractivity contribution in [3.8, 4) is 17.1 Å². The van der Waals surface area contributed by atoms with Gasteiger partial charge in [0, 0.05) is 19.0 Å². The Balaban J connectivity index is 1.60. The van der Waals surface area contributed by atoms with Crippen molar-refractivity contribution < 1.29 is 22.8 Å². The van der Waals surface area contributed by atoms with Crippen LogP contribution in [-0.4, -0.2) is 29.7 Å². The maximum Gasteiger partial charge on any atom is 0.232 e. The molecular weight excluding hydrogens is 356 g/mol. The van der Waals surface area contributed by atoms with E-state index in [0.29, 0.717) is 17.1 Å². The molecule has 3 aromatic rings. The molecule has 0 saturated carbocycles. The lowest BCUT2D eigenvalue weighted by molar-refractivity contribution is -0.117. The summed E-state index contributed by atoms with van der Waals surface area (Å²) in [6.07, 6.45) is 0.0729. The molecule has 1 saturated heterocycles. The molecule has 138 valence electrons. The van der Waals surface area contributed by atoms with Gasteiger partial charge in [-0.15, -0.1) is 0 Å². The molecule has 4 rings (SSSR count). The van der Waals surface area contributed by atoms with Gasteiger partial charge in [0.1, 0.15) is 17.4 Å². The van der Waals surface area contributed by atoms with Gasteiger partial charge >= 0.3 is 0 Å². The molecular formula is C19H15F2N3O3. The Morgan fingerprint density at radius 3 is 2.85 bits per heavy atom. The second kappa shape index (κ2) is 6.79. The first-order valence-electron chi connectivity index (χ1n) is 8.29. The molecule has 1 amide bonds. The summed E-state index contributed by atoms with van der Waals surface area (Å²) in [5, 5.41) is 3.96. The first-order chi connectivity index (χ1) is 13.1. The number of rotatable bonds is 4. The van der Waals surface area contributed by atoms with Crippen molar-refractivity contribution in [2.45, 2.75) is 12.3 Å². The highest BCUT2D eigenvalue weighted by molar-refractivity contribution is 5.96. The molecule has 1 aliphatic rings.